The molecule has 3 nitrogen and oxygen atoms in total. The quantitative estimate of drug-likeness (QED) is 0.881. The van der Waals surface area contributed by atoms with Crippen molar-refractivity contribution in [3.8, 4) is 0 Å². The molecule has 1 aliphatic rings. The fourth-order valence-electron chi connectivity index (χ4n) is 2.36. The lowest BCUT2D eigenvalue weighted by Crippen LogP contribution is -2.27. The van der Waals surface area contributed by atoms with Gasteiger partial charge in [-0.25, -0.2) is 13.1 Å². The summed E-state index contributed by atoms with van der Waals surface area (Å²) < 4.78 is 64.4. The lowest BCUT2D eigenvalue weighted by Gasteiger charge is -2.21. The smallest absolute Gasteiger partial charge is 0.211 e. The minimum absolute atomic E-state index is 0.258. The molecule has 2 rings (SSSR count). The molecule has 8 heteroatoms. The van der Waals surface area contributed by atoms with Gasteiger partial charge in [-0.3, -0.25) is 0 Å². The van der Waals surface area contributed by atoms with Crippen LogP contribution >= 0.6 is 11.8 Å². The second kappa shape index (κ2) is 7.23. The van der Waals surface area contributed by atoms with Crippen LogP contribution in [-0.2, 0) is 16.2 Å². The van der Waals surface area contributed by atoms with Gasteiger partial charge in [0.25, 0.3) is 0 Å². The molecular weight excluding hydrogens is 335 g/mol. The minimum atomic E-state index is -4.55. The van der Waals surface area contributed by atoms with E-state index >= 15 is 0 Å². The minimum Gasteiger partial charge on any atom is -0.211 e. The summed E-state index contributed by atoms with van der Waals surface area (Å²) in [5, 5.41) is 0. The van der Waals surface area contributed by atoms with Gasteiger partial charge in [0.2, 0.25) is 10.0 Å². The maximum absolute atomic E-state index is 12.6. The predicted octanol–water partition coefficient (Wildman–Crippen LogP) is 3.52. The number of thioether (sulfide) groups is 1. The van der Waals surface area contributed by atoms with Crippen LogP contribution < -0.4 is 4.72 Å². The zero-order chi connectivity index (χ0) is 16.2. The van der Waals surface area contributed by atoms with Crippen LogP contribution in [0.5, 0.6) is 0 Å². The molecule has 0 saturated carbocycles. The molecule has 1 heterocycles. The molecule has 124 valence electrons. The topological polar surface area (TPSA) is 46.2 Å². The summed E-state index contributed by atoms with van der Waals surface area (Å²) in [4.78, 5) is -0.346. The number of hydrogen-bond acceptors (Lipinski definition) is 3. The molecule has 0 unspecified atom stereocenters. The van der Waals surface area contributed by atoms with Crippen molar-refractivity contribution in [2.24, 2.45) is 5.92 Å². The Bertz CT molecular complexity index is 596. The van der Waals surface area contributed by atoms with Crippen molar-refractivity contribution in [2.75, 3.05) is 18.1 Å². The average molecular weight is 353 g/mol. The lowest BCUT2D eigenvalue weighted by atomic mass is 9.99. The standard InChI is InChI=1S/C14H18F3NO2S2/c15-14(16,17)12-2-1-3-13(10-12)22(19,20)18-7-4-11-5-8-21-9-6-11/h1-3,10-11,18H,4-9H2. The first kappa shape index (κ1) is 17.6. The van der Waals surface area contributed by atoms with Crippen molar-refractivity contribution in [3.63, 3.8) is 0 Å². The summed E-state index contributed by atoms with van der Waals surface area (Å²) in [7, 11) is -3.90. The van der Waals surface area contributed by atoms with Crippen molar-refractivity contribution in [2.45, 2.75) is 30.3 Å². The van der Waals surface area contributed by atoms with Gasteiger partial charge in [-0.15, -0.1) is 0 Å². The first-order valence-electron chi connectivity index (χ1n) is 7.04. The van der Waals surface area contributed by atoms with Gasteiger partial charge in [0, 0.05) is 6.54 Å². The molecule has 0 amide bonds. The summed E-state index contributed by atoms with van der Waals surface area (Å²) in [5.74, 6) is 2.67. The zero-order valence-electron chi connectivity index (χ0n) is 11.9. The Balaban J connectivity index is 1.98. The molecule has 1 aromatic carbocycles. The van der Waals surface area contributed by atoms with E-state index in [4.69, 9.17) is 0 Å². The van der Waals surface area contributed by atoms with Crippen LogP contribution in [-0.4, -0.2) is 26.5 Å². The van der Waals surface area contributed by atoms with Gasteiger partial charge in [0.1, 0.15) is 0 Å². The van der Waals surface area contributed by atoms with E-state index in [0.717, 1.165) is 42.9 Å². The monoisotopic (exact) mass is 353 g/mol. The Kier molecular flexibility index (Phi) is 5.79. The number of rotatable bonds is 5. The highest BCUT2D eigenvalue weighted by molar-refractivity contribution is 7.99. The van der Waals surface area contributed by atoms with Gasteiger partial charge < -0.3 is 0 Å². The SMILES string of the molecule is O=S(=O)(NCCC1CCSCC1)c1cccc(C(F)(F)F)c1. The number of benzene rings is 1. The Morgan fingerprint density at radius 1 is 1.23 bits per heavy atom. The van der Waals surface area contributed by atoms with Gasteiger partial charge >= 0.3 is 6.18 Å². The van der Waals surface area contributed by atoms with E-state index in [2.05, 4.69) is 4.72 Å². The van der Waals surface area contributed by atoms with E-state index in [1.165, 1.54) is 6.07 Å². The van der Waals surface area contributed by atoms with Gasteiger partial charge in [-0.05, 0) is 54.9 Å². The van der Waals surface area contributed by atoms with Crippen LogP contribution in [0.2, 0.25) is 0 Å². The number of hydrogen-bond donors (Lipinski definition) is 1. The summed E-state index contributed by atoms with van der Waals surface area (Å²) in [6.45, 7) is 0.258. The predicted molar refractivity (Wildman–Crippen MR) is 81.3 cm³/mol. The van der Waals surface area contributed by atoms with E-state index in [9.17, 15) is 21.6 Å². The van der Waals surface area contributed by atoms with Crippen molar-refractivity contribution < 1.29 is 21.6 Å². The van der Waals surface area contributed by atoms with E-state index in [-0.39, 0.29) is 11.4 Å². The van der Waals surface area contributed by atoms with E-state index in [1.807, 2.05) is 11.8 Å². The number of halogens is 3. The van der Waals surface area contributed by atoms with Crippen LogP contribution in [0, 0.1) is 5.92 Å². The van der Waals surface area contributed by atoms with E-state index in [0.29, 0.717) is 12.0 Å². The van der Waals surface area contributed by atoms with Crippen molar-refractivity contribution in [3.05, 3.63) is 29.8 Å². The maximum atomic E-state index is 12.6. The molecule has 1 aromatic rings. The van der Waals surface area contributed by atoms with Gasteiger partial charge in [-0.1, -0.05) is 6.07 Å². The highest BCUT2D eigenvalue weighted by atomic mass is 32.2. The number of nitrogens with one attached hydrogen (secondary N) is 1. The van der Waals surface area contributed by atoms with Gasteiger partial charge in [0.05, 0.1) is 10.5 Å². The fourth-order valence-corrected chi connectivity index (χ4v) is 4.65. The normalized spacial score (nSPS) is 17.6. The average Bonchev–Trinajstić information content (AvgIpc) is 2.47. The number of alkyl halides is 3. The van der Waals surface area contributed by atoms with Crippen LogP contribution in [0.15, 0.2) is 29.2 Å². The third kappa shape index (κ3) is 4.89. The van der Waals surface area contributed by atoms with Crippen LogP contribution in [0.1, 0.15) is 24.8 Å². The highest BCUT2D eigenvalue weighted by Gasteiger charge is 2.31. The Hall–Kier alpha value is -0.730. The molecule has 1 fully saturated rings. The van der Waals surface area contributed by atoms with Gasteiger partial charge in [-0.2, -0.15) is 24.9 Å². The maximum Gasteiger partial charge on any atom is 0.416 e. The molecule has 1 aliphatic heterocycles. The Morgan fingerprint density at radius 2 is 1.91 bits per heavy atom. The molecule has 0 aromatic heterocycles. The summed E-state index contributed by atoms with van der Waals surface area (Å²) in [6, 6.07) is 3.81. The van der Waals surface area contributed by atoms with Crippen LogP contribution in [0.25, 0.3) is 0 Å². The van der Waals surface area contributed by atoms with Crippen LogP contribution in [0.4, 0.5) is 13.2 Å². The van der Waals surface area contributed by atoms with E-state index < -0.39 is 21.8 Å². The molecule has 0 radical (unpaired) electrons. The molecule has 1 N–H and O–H groups in total. The second-order valence-electron chi connectivity index (χ2n) is 5.27. The molecule has 22 heavy (non-hydrogen) atoms. The molecule has 1 saturated heterocycles. The third-order valence-electron chi connectivity index (χ3n) is 3.66. The Morgan fingerprint density at radius 3 is 2.55 bits per heavy atom. The van der Waals surface area contributed by atoms with Crippen molar-refractivity contribution in [1.29, 1.82) is 0 Å². The largest absolute Gasteiger partial charge is 0.416 e. The Labute approximate surface area is 132 Å². The first-order valence-corrected chi connectivity index (χ1v) is 9.67. The zero-order valence-corrected chi connectivity index (χ0v) is 13.5. The molecular formula is C14H18F3NO2S2. The van der Waals surface area contributed by atoms with Gasteiger partial charge in [0.15, 0.2) is 0 Å². The first-order chi connectivity index (χ1) is 10.3. The number of sulfonamides is 1. The lowest BCUT2D eigenvalue weighted by molar-refractivity contribution is -0.137. The molecule has 0 aliphatic carbocycles. The molecule has 0 bridgehead atoms. The van der Waals surface area contributed by atoms with E-state index in [1.54, 1.807) is 0 Å². The second-order valence-corrected chi connectivity index (χ2v) is 8.26. The molecule has 0 spiro atoms. The van der Waals surface area contributed by atoms with Crippen LogP contribution in [0.3, 0.4) is 0 Å². The van der Waals surface area contributed by atoms with Crippen molar-refractivity contribution >= 4 is 21.8 Å². The summed E-state index contributed by atoms with van der Waals surface area (Å²) in [5.41, 5.74) is -0.959. The highest BCUT2D eigenvalue weighted by Crippen LogP contribution is 2.30. The summed E-state index contributed by atoms with van der Waals surface area (Å²) in [6.07, 6.45) is -1.70. The third-order valence-corrected chi connectivity index (χ3v) is 6.16. The summed E-state index contributed by atoms with van der Waals surface area (Å²) >= 11 is 1.89. The van der Waals surface area contributed by atoms with Crippen molar-refractivity contribution in [1.82, 2.24) is 4.72 Å². The molecule has 0 atom stereocenters. The fraction of sp³-hybridized carbons (Fsp3) is 0.571.